The van der Waals surface area contributed by atoms with Crippen LogP contribution in [-0.4, -0.2) is 33.4 Å². The number of nitrogens with zero attached hydrogens (tertiary/aromatic N) is 3. The molecule has 0 spiro atoms. The topological polar surface area (TPSA) is 58.1 Å². The maximum atomic E-state index is 14.4. The van der Waals surface area contributed by atoms with E-state index in [4.69, 9.17) is 0 Å². The summed E-state index contributed by atoms with van der Waals surface area (Å²) in [4.78, 5) is 19.3. The van der Waals surface area contributed by atoms with Crippen LogP contribution in [0, 0.1) is 12.7 Å². The first kappa shape index (κ1) is 21.9. The third-order valence-corrected chi connectivity index (χ3v) is 7.51. The lowest BCUT2D eigenvalue weighted by Crippen LogP contribution is -2.37. The van der Waals surface area contributed by atoms with Crippen molar-refractivity contribution in [3.63, 3.8) is 0 Å². The molecule has 1 saturated heterocycles. The van der Waals surface area contributed by atoms with Gasteiger partial charge in [-0.05, 0) is 72.5 Å². The average molecular weight is 473 g/mol. The molecule has 0 unspecified atom stereocenters. The summed E-state index contributed by atoms with van der Waals surface area (Å²) in [6, 6.07) is 9.25. The van der Waals surface area contributed by atoms with Crippen molar-refractivity contribution in [2.45, 2.75) is 43.9 Å². The highest BCUT2D eigenvalue weighted by molar-refractivity contribution is 7.05. The maximum absolute atomic E-state index is 14.4. The number of aryl methyl sites for hydroxylation is 1. The van der Waals surface area contributed by atoms with Gasteiger partial charge in [-0.2, -0.15) is 4.37 Å². The Morgan fingerprint density at radius 1 is 1.24 bits per heavy atom. The Bertz CT molecular complexity index is 1180. The largest absolute Gasteiger partial charge is 0.323 e. The number of anilines is 1. The fourth-order valence-electron chi connectivity index (χ4n) is 4.55. The Balaban J connectivity index is 1.43. The summed E-state index contributed by atoms with van der Waals surface area (Å²) >= 11 is 1.24. The van der Waals surface area contributed by atoms with E-state index in [-0.39, 0.29) is 17.4 Å². The zero-order valence-corrected chi connectivity index (χ0v) is 18.8. The molecule has 2 heterocycles. The van der Waals surface area contributed by atoms with E-state index in [1.165, 1.54) is 36.1 Å². The minimum absolute atomic E-state index is 0.116. The molecule has 2 aromatic carbocycles. The fraction of sp³-hybridized carbons (Fsp3) is 0.375. The first-order valence-corrected chi connectivity index (χ1v) is 11.7. The first-order chi connectivity index (χ1) is 15.9. The molecule has 3 aromatic rings. The van der Waals surface area contributed by atoms with Crippen LogP contribution in [0.4, 0.5) is 23.7 Å². The Morgan fingerprint density at radius 2 is 2.06 bits per heavy atom. The number of aromatic nitrogens is 2. The standard InChI is InChI=1S/C24H23F3N4OS/c1-14-2-6-17(11-19(14)25)24(22-28-13-29-33-22)8-9-31(12-24)23(32)30-20-10-16(21(26)27)5-7-18(20)15-3-4-15/h2,5-7,10-11,13,15,21H,3-4,8-9,12H2,1H3,(H,30,32)/t24-/m1/s1. The second kappa shape index (κ2) is 8.44. The fourth-order valence-corrected chi connectivity index (χ4v) is 5.30. The highest BCUT2D eigenvalue weighted by atomic mass is 32.1. The number of halogens is 3. The van der Waals surface area contributed by atoms with Gasteiger partial charge in [0.1, 0.15) is 17.2 Å². The molecular weight excluding hydrogens is 449 g/mol. The van der Waals surface area contributed by atoms with Gasteiger partial charge in [0, 0.05) is 24.3 Å². The Kier molecular flexibility index (Phi) is 5.60. The van der Waals surface area contributed by atoms with E-state index < -0.39 is 11.8 Å². The van der Waals surface area contributed by atoms with Crippen molar-refractivity contribution in [2.75, 3.05) is 18.4 Å². The van der Waals surface area contributed by atoms with Crippen LogP contribution in [0.2, 0.25) is 0 Å². The number of alkyl halides is 2. The lowest BCUT2D eigenvalue weighted by atomic mass is 9.80. The van der Waals surface area contributed by atoms with Gasteiger partial charge in [0.15, 0.2) is 0 Å². The van der Waals surface area contributed by atoms with Crippen LogP contribution in [0.1, 0.15) is 58.9 Å². The highest BCUT2D eigenvalue weighted by Crippen LogP contribution is 2.45. The summed E-state index contributed by atoms with van der Waals surface area (Å²) < 4.78 is 45.1. The number of urea groups is 1. The van der Waals surface area contributed by atoms with Crippen LogP contribution >= 0.6 is 11.5 Å². The van der Waals surface area contributed by atoms with Crippen molar-refractivity contribution >= 4 is 23.3 Å². The van der Waals surface area contributed by atoms with Crippen LogP contribution < -0.4 is 5.32 Å². The van der Waals surface area contributed by atoms with E-state index in [9.17, 15) is 18.0 Å². The summed E-state index contributed by atoms with van der Waals surface area (Å²) in [5.41, 5.74) is 1.84. The predicted molar refractivity (Wildman–Crippen MR) is 120 cm³/mol. The molecule has 2 aliphatic rings. The van der Waals surface area contributed by atoms with E-state index in [1.807, 2.05) is 6.07 Å². The van der Waals surface area contributed by atoms with E-state index in [1.54, 1.807) is 24.0 Å². The van der Waals surface area contributed by atoms with Gasteiger partial charge in [-0.15, -0.1) is 0 Å². The molecule has 5 nitrogen and oxygen atoms in total. The van der Waals surface area contributed by atoms with Crippen molar-refractivity contribution in [1.29, 1.82) is 0 Å². The van der Waals surface area contributed by atoms with Crippen molar-refractivity contribution in [1.82, 2.24) is 14.3 Å². The molecule has 1 aliphatic carbocycles. The van der Waals surface area contributed by atoms with E-state index >= 15 is 0 Å². The molecule has 1 atom stereocenters. The minimum atomic E-state index is -2.61. The number of hydrogen-bond acceptors (Lipinski definition) is 4. The Hall–Kier alpha value is -2.94. The molecule has 1 aliphatic heterocycles. The zero-order valence-electron chi connectivity index (χ0n) is 18.0. The van der Waals surface area contributed by atoms with Crippen LogP contribution in [0.3, 0.4) is 0 Å². The molecule has 172 valence electrons. The molecule has 0 bridgehead atoms. The predicted octanol–water partition coefficient (Wildman–Crippen LogP) is 6.02. The molecule has 2 amide bonds. The lowest BCUT2D eigenvalue weighted by Gasteiger charge is -2.28. The van der Waals surface area contributed by atoms with Gasteiger partial charge < -0.3 is 10.2 Å². The van der Waals surface area contributed by atoms with Crippen LogP contribution in [0.25, 0.3) is 0 Å². The first-order valence-electron chi connectivity index (χ1n) is 10.9. The lowest BCUT2D eigenvalue weighted by molar-refractivity contribution is 0.151. The van der Waals surface area contributed by atoms with Crippen molar-refractivity contribution < 1.29 is 18.0 Å². The molecular formula is C24H23F3N4OS. The van der Waals surface area contributed by atoms with Crippen molar-refractivity contribution in [3.8, 4) is 0 Å². The third-order valence-electron chi connectivity index (χ3n) is 6.64. The summed E-state index contributed by atoms with van der Waals surface area (Å²) in [7, 11) is 0. The van der Waals surface area contributed by atoms with Crippen LogP contribution in [0.5, 0.6) is 0 Å². The van der Waals surface area contributed by atoms with Gasteiger partial charge in [-0.25, -0.2) is 22.9 Å². The van der Waals surface area contributed by atoms with E-state index in [2.05, 4.69) is 14.7 Å². The van der Waals surface area contributed by atoms with Crippen LogP contribution in [0.15, 0.2) is 42.7 Å². The van der Waals surface area contributed by atoms with Gasteiger partial charge in [0.05, 0.1) is 5.41 Å². The molecule has 33 heavy (non-hydrogen) atoms. The number of hydrogen-bond donors (Lipinski definition) is 1. The van der Waals surface area contributed by atoms with E-state index in [0.29, 0.717) is 36.7 Å². The molecule has 1 aromatic heterocycles. The Morgan fingerprint density at radius 3 is 2.73 bits per heavy atom. The molecule has 1 N–H and O–H groups in total. The number of benzene rings is 2. The smallest absolute Gasteiger partial charge is 0.321 e. The van der Waals surface area contributed by atoms with Gasteiger partial charge >= 0.3 is 6.03 Å². The maximum Gasteiger partial charge on any atom is 0.321 e. The molecule has 2 fully saturated rings. The quantitative estimate of drug-likeness (QED) is 0.494. The number of carbonyl (C=O) groups excluding carboxylic acids is 1. The van der Waals surface area contributed by atoms with Gasteiger partial charge in [0.25, 0.3) is 6.43 Å². The van der Waals surface area contributed by atoms with E-state index in [0.717, 1.165) is 29.0 Å². The van der Waals surface area contributed by atoms with Gasteiger partial charge in [-0.1, -0.05) is 24.3 Å². The number of rotatable bonds is 5. The normalized spacial score (nSPS) is 20.5. The molecule has 0 radical (unpaired) electrons. The zero-order chi connectivity index (χ0) is 23.2. The summed E-state index contributed by atoms with van der Waals surface area (Å²) in [5.74, 6) is -0.0150. The monoisotopic (exact) mass is 472 g/mol. The molecule has 9 heteroatoms. The summed E-state index contributed by atoms with van der Waals surface area (Å²) in [6.07, 6.45) is 1.39. The third kappa shape index (κ3) is 4.10. The number of likely N-dealkylation sites (tertiary alicyclic amines) is 1. The van der Waals surface area contributed by atoms with Gasteiger partial charge in [0.2, 0.25) is 0 Å². The molecule has 5 rings (SSSR count). The second-order valence-corrected chi connectivity index (χ2v) is 9.60. The van der Waals surface area contributed by atoms with Crippen LogP contribution in [-0.2, 0) is 5.41 Å². The summed E-state index contributed by atoms with van der Waals surface area (Å²) in [5, 5.41) is 3.59. The van der Waals surface area contributed by atoms with Crippen molar-refractivity contribution in [2.24, 2.45) is 0 Å². The van der Waals surface area contributed by atoms with Crippen molar-refractivity contribution in [3.05, 3.63) is 75.8 Å². The SMILES string of the molecule is Cc1ccc([C@@]2(c3ncns3)CCN(C(=O)Nc3cc(C(F)F)ccc3C3CC3)C2)cc1F. The second-order valence-electron chi connectivity index (χ2n) is 8.82. The molecule has 1 saturated carbocycles. The number of amides is 2. The highest BCUT2D eigenvalue weighted by Gasteiger charge is 2.45. The number of nitrogens with one attached hydrogen (secondary N) is 1. The minimum Gasteiger partial charge on any atom is -0.323 e. The number of carbonyl (C=O) groups is 1. The Labute approximate surface area is 193 Å². The average Bonchev–Trinajstić information content (AvgIpc) is 3.29. The van der Waals surface area contributed by atoms with Gasteiger partial charge in [-0.3, -0.25) is 0 Å². The summed E-state index contributed by atoms with van der Waals surface area (Å²) in [6.45, 7) is 2.42.